The van der Waals surface area contributed by atoms with Gasteiger partial charge in [0.25, 0.3) is 0 Å². The summed E-state index contributed by atoms with van der Waals surface area (Å²) in [6, 6.07) is 8.06. The first-order chi connectivity index (χ1) is 11.5. The molecular formula is C18H28ClN3O3. The number of carbonyl (C=O) groups is 2. The Balaban J connectivity index is 0.00000312. The van der Waals surface area contributed by atoms with Gasteiger partial charge in [0.1, 0.15) is 0 Å². The predicted molar refractivity (Wildman–Crippen MR) is 101 cm³/mol. The van der Waals surface area contributed by atoms with Crippen molar-refractivity contribution in [3.63, 3.8) is 0 Å². The van der Waals surface area contributed by atoms with Crippen LogP contribution in [0.2, 0.25) is 0 Å². The van der Waals surface area contributed by atoms with E-state index < -0.39 is 5.97 Å². The number of rotatable bonds is 7. The van der Waals surface area contributed by atoms with Gasteiger partial charge in [-0.15, -0.1) is 12.4 Å². The van der Waals surface area contributed by atoms with Crippen LogP contribution in [-0.2, 0) is 9.59 Å². The van der Waals surface area contributed by atoms with Crippen molar-refractivity contribution in [2.24, 2.45) is 0 Å². The third-order valence-corrected chi connectivity index (χ3v) is 4.52. The van der Waals surface area contributed by atoms with Crippen molar-refractivity contribution in [3.8, 4) is 0 Å². The SMILES string of the molecule is CCN(CC(=O)O)C1CCN(CC(=O)Nc2ccc(C)cc2)CC1.Cl. The molecule has 25 heavy (non-hydrogen) atoms. The van der Waals surface area contributed by atoms with Gasteiger partial charge in [-0.25, -0.2) is 0 Å². The van der Waals surface area contributed by atoms with Crippen LogP contribution >= 0.6 is 12.4 Å². The van der Waals surface area contributed by atoms with E-state index in [1.54, 1.807) is 0 Å². The largest absolute Gasteiger partial charge is 0.480 e. The molecule has 1 aliphatic heterocycles. The fraction of sp³-hybridized carbons (Fsp3) is 0.556. The van der Waals surface area contributed by atoms with E-state index in [2.05, 4.69) is 10.2 Å². The number of aryl methyl sites for hydroxylation is 1. The third-order valence-electron chi connectivity index (χ3n) is 4.52. The van der Waals surface area contributed by atoms with Crippen LogP contribution in [-0.4, -0.2) is 65.5 Å². The topological polar surface area (TPSA) is 72.9 Å². The van der Waals surface area contributed by atoms with E-state index in [1.807, 2.05) is 43.0 Å². The van der Waals surface area contributed by atoms with Crippen molar-refractivity contribution in [3.05, 3.63) is 29.8 Å². The van der Waals surface area contributed by atoms with E-state index in [0.29, 0.717) is 12.6 Å². The number of halogens is 1. The molecule has 2 N–H and O–H groups in total. The van der Waals surface area contributed by atoms with Gasteiger partial charge in [-0.2, -0.15) is 0 Å². The van der Waals surface area contributed by atoms with E-state index in [4.69, 9.17) is 5.11 Å². The maximum absolute atomic E-state index is 12.1. The molecule has 2 rings (SSSR count). The fourth-order valence-corrected chi connectivity index (χ4v) is 3.16. The first-order valence-corrected chi connectivity index (χ1v) is 8.52. The van der Waals surface area contributed by atoms with E-state index >= 15 is 0 Å². The minimum atomic E-state index is -0.781. The van der Waals surface area contributed by atoms with Gasteiger partial charge in [-0.1, -0.05) is 24.6 Å². The molecule has 1 fully saturated rings. The van der Waals surface area contributed by atoms with Crippen LogP contribution in [0.1, 0.15) is 25.3 Å². The van der Waals surface area contributed by atoms with Crippen molar-refractivity contribution in [1.82, 2.24) is 9.80 Å². The van der Waals surface area contributed by atoms with E-state index in [0.717, 1.165) is 43.7 Å². The van der Waals surface area contributed by atoms with Crippen LogP contribution in [0.15, 0.2) is 24.3 Å². The van der Waals surface area contributed by atoms with Crippen molar-refractivity contribution >= 4 is 30.0 Å². The average Bonchev–Trinajstić information content (AvgIpc) is 2.55. The summed E-state index contributed by atoms with van der Waals surface area (Å²) in [6.07, 6.45) is 1.80. The number of benzene rings is 1. The second-order valence-electron chi connectivity index (χ2n) is 6.38. The van der Waals surface area contributed by atoms with Crippen molar-refractivity contribution in [2.45, 2.75) is 32.7 Å². The predicted octanol–water partition coefficient (Wildman–Crippen LogP) is 2.23. The molecular weight excluding hydrogens is 342 g/mol. The van der Waals surface area contributed by atoms with Gasteiger partial charge in [-0.05, 0) is 38.4 Å². The lowest BCUT2D eigenvalue weighted by atomic mass is 10.0. The summed E-state index contributed by atoms with van der Waals surface area (Å²) in [5, 5.41) is 11.9. The second-order valence-corrected chi connectivity index (χ2v) is 6.38. The number of carbonyl (C=O) groups excluding carboxylic acids is 1. The molecule has 0 aromatic heterocycles. The summed E-state index contributed by atoms with van der Waals surface area (Å²) >= 11 is 0. The molecule has 0 spiro atoms. The van der Waals surface area contributed by atoms with Crippen LogP contribution in [0.4, 0.5) is 5.69 Å². The molecule has 140 valence electrons. The fourth-order valence-electron chi connectivity index (χ4n) is 3.16. The van der Waals surface area contributed by atoms with Gasteiger partial charge < -0.3 is 10.4 Å². The van der Waals surface area contributed by atoms with Gasteiger partial charge >= 0.3 is 5.97 Å². The number of anilines is 1. The van der Waals surface area contributed by atoms with Gasteiger partial charge in [0, 0.05) is 24.8 Å². The molecule has 1 amide bonds. The molecule has 0 saturated carbocycles. The number of hydrogen-bond donors (Lipinski definition) is 2. The molecule has 1 heterocycles. The Morgan fingerprint density at radius 2 is 1.84 bits per heavy atom. The highest BCUT2D eigenvalue weighted by Gasteiger charge is 2.25. The summed E-state index contributed by atoms with van der Waals surface area (Å²) in [7, 11) is 0. The number of nitrogens with one attached hydrogen (secondary N) is 1. The first kappa shape index (κ1) is 21.4. The minimum absolute atomic E-state index is 0. The summed E-state index contributed by atoms with van der Waals surface area (Å²) in [6.45, 7) is 6.86. The second kappa shape index (κ2) is 10.4. The molecule has 0 aliphatic carbocycles. The highest BCUT2D eigenvalue weighted by molar-refractivity contribution is 5.92. The van der Waals surface area contributed by atoms with Gasteiger partial charge in [0.15, 0.2) is 0 Å². The van der Waals surface area contributed by atoms with Crippen LogP contribution in [0, 0.1) is 6.92 Å². The molecule has 7 heteroatoms. The van der Waals surface area contributed by atoms with E-state index in [1.165, 1.54) is 0 Å². The smallest absolute Gasteiger partial charge is 0.317 e. The molecule has 0 unspecified atom stereocenters. The number of amides is 1. The highest BCUT2D eigenvalue weighted by atomic mass is 35.5. The van der Waals surface area contributed by atoms with E-state index in [9.17, 15) is 9.59 Å². The number of carboxylic acids is 1. The number of likely N-dealkylation sites (N-methyl/N-ethyl adjacent to an activating group) is 1. The molecule has 1 aromatic rings. The molecule has 1 aromatic carbocycles. The Hall–Kier alpha value is -1.63. The van der Waals surface area contributed by atoms with Gasteiger partial charge in [0.2, 0.25) is 5.91 Å². The molecule has 1 saturated heterocycles. The highest BCUT2D eigenvalue weighted by Crippen LogP contribution is 2.16. The van der Waals surface area contributed by atoms with Crippen molar-refractivity contribution in [1.29, 1.82) is 0 Å². The first-order valence-electron chi connectivity index (χ1n) is 8.52. The zero-order valence-electron chi connectivity index (χ0n) is 14.9. The number of aliphatic carboxylic acids is 1. The lowest BCUT2D eigenvalue weighted by molar-refractivity contribution is -0.139. The van der Waals surface area contributed by atoms with Gasteiger partial charge in [-0.3, -0.25) is 19.4 Å². The molecule has 6 nitrogen and oxygen atoms in total. The zero-order chi connectivity index (χ0) is 17.5. The monoisotopic (exact) mass is 369 g/mol. The molecule has 0 atom stereocenters. The Bertz CT molecular complexity index is 557. The van der Waals surface area contributed by atoms with Gasteiger partial charge in [0.05, 0.1) is 13.1 Å². The zero-order valence-corrected chi connectivity index (χ0v) is 15.7. The number of nitrogens with zero attached hydrogens (tertiary/aromatic N) is 2. The molecule has 1 aliphatic rings. The number of piperidine rings is 1. The standard InChI is InChI=1S/C18H27N3O3.ClH/c1-3-21(13-18(23)24)16-8-10-20(11-9-16)12-17(22)19-15-6-4-14(2)5-7-15;/h4-7,16H,3,8-13H2,1-2H3,(H,19,22)(H,23,24);1H. The summed E-state index contributed by atoms with van der Waals surface area (Å²) < 4.78 is 0. The average molecular weight is 370 g/mol. The lowest BCUT2D eigenvalue weighted by Gasteiger charge is -2.37. The Morgan fingerprint density at radius 1 is 1.24 bits per heavy atom. The maximum atomic E-state index is 12.1. The quantitative estimate of drug-likeness (QED) is 0.771. The summed E-state index contributed by atoms with van der Waals surface area (Å²) in [4.78, 5) is 27.2. The Labute approximate surface area is 155 Å². The molecule has 0 radical (unpaired) electrons. The maximum Gasteiger partial charge on any atom is 0.317 e. The molecule has 0 bridgehead atoms. The normalized spacial score (nSPS) is 15.6. The minimum Gasteiger partial charge on any atom is -0.480 e. The summed E-state index contributed by atoms with van der Waals surface area (Å²) in [5.74, 6) is -0.785. The van der Waals surface area contributed by atoms with Crippen LogP contribution in [0.5, 0.6) is 0 Å². The number of hydrogen-bond acceptors (Lipinski definition) is 4. The van der Waals surface area contributed by atoms with Crippen LogP contribution in [0.25, 0.3) is 0 Å². The lowest BCUT2D eigenvalue weighted by Crippen LogP contribution is -2.48. The summed E-state index contributed by atoms with van der Waals surface area (Å²) in [5.41, 5.74) is 1.98. The number of likely N-dealkylation sites (tertiary alicyclic amines) is 1. The van der Waals surface area contributed by atoms with Crippen LogP contribution < -0.4 is 5.32 Å². The Kier molecular flexibility index (Phi) is 8.89. The Morgan fingerprint density at radius 3 is 2.36 bits per heavy atom. The van der Waals surface area contributed by atoms with E-state index in [-0.39, 0.29) is 24.9 Å². The van der Waals surface area contributed by atoms with Crippen LogP contribution in [0.3, 0.4) is 0 Å². The number of carboxylic acid groups (broad SMARTS) is 1. The third kappa shape index (κ3) is 7.02. The van der Waals surface area contributed by atoms with Crippen molar-refractivity contribution in [2.75, 3.05) is 38.0 Å². The van der Waals surface area contributed by atoms with Crippen molar-refractivity contribution < 1.29 is 14.7 Å².